The molecule has 0 saturated carbocycles. The average Bonchev–Trinajstić information content (AvgIpc) is 3.02. The second-order valence-corrected chi connectivity index (χ2v) is 8.16. The van der Waals surface area contributed by atoms with E-state index in [2.05, 4.69) is 41.2 Å². The first kappa shape index (κ1) is 23.9. The molecule has 2 aromatic rings. The summed E-state index contributed by atoms with van der Waals surface area (Å²) in [5, 5.41) is 5.81. The van der Waals surface area contributed by atoms with Gasteiger partial charge in [-0.05, 0) is 32.0 Å². The highest BCUT2D eigenvalue weighted by Crippen LogP contribution is 2.38. The minimum atomic E-state index is 0. The lowest BCUT2D eigenvalue weighted by atomic mass is 10.1. The van der Waals surface area contributed by atoms with E-state index in [9.17, 15) is 0 Å². The van der Waals surface area contributed by atoms with Crippen LogP contribution in [0.1, 0.15) is 24.0 Å². The van der Waals surface area contributed by atoms with Crippen molar-refractivity contribution in [3.63, 3.8) is 0 Å². The Balaban J connectivity index is 0.00000150. The van der Waals surface area contributed by atoms with E-state index in [4.69, 9.17) is 14.7 Å². The van der Waals surface area contributed by atoms with Gasteiger partial charge in [0.05, 0.1) is 16.4 Å². The Labute approximate surface area is 189 Å². The Hall–Kier alpha value is -1.38. The van der Waals surface area contributed by atoms with E-state index < -0.39 is 0 Å². The number of nitrogens with zero attached hydrogens (tertiary/aromatic N) is 4. The molecule has 2 aliphatic heterocycles. The summed E-state index contributed by atoms with van der Waals surface area (Å²) in [6.07, 6.45) is 1.96. The summed E-state index contributed by atoms with van der Waals surface area (Å²) in [6, 6.07) is 8.70. The fourth-order valence-corrected chi connectivity index (χ4v) is 4.55. The molecule has 9 heteroatoms. The van der Waals surface area contributed by atoms with Crippen LogP contribution in [0.15, 0.2) is 29.3 Å². The van der Waals surface area contributed by atoms with Gasteiger partial charge in [-0.2, -0.15) is 0 Å². The molecular weight excluding hydrogens is 429 g/mol. The molecule has 3 heterocycles. The molecule has 2 aliphatic rings. The highest BCUT2D eigenvalue weighted by atomic mass is 35.5. The number of nitrogens with one attached hydrogen (secondary N) is 1. The lowest BCUT2D eigenvalue weighted by Crippen LogP contribution is -2.53. The fraction of sp³-hybridized carbons (Fsp3) is 0.500. The zero-order valence-electron chi connectivity index (χ0n) is 17.1. The van der Waals surface area contributed by atoms with Gasteiger partial charge in [0.2, 0.25) is 0 Å². The topological polar surface area (TPSA) is 53.0 Å². The Morgan fingerprint density at radius 2 is 2.03 bits per heavy atom. The second-order valence-electron chi connectivity index (χ2n) is 7.08. The first-order valence-electron chi connectivity index (χ1n) is 9.58. The number of methoxy groups -OCH3 is 1. The van der Waals surface area contributed by atoms with Crippen LogP contribution >= 0.6 is 36.2 Å². The third-order valence-electron chi connectivity index (χ3n) is 5.30. The summed E-state index contributed by atoms with van der Waals surface area (Å²) in [5.74, 6) is 0.994. The van der Waals surface area contributed by atoms with E-state index in [0.717, 1.165) is 72.0 Å². The number of rotatable bonds is 4. The first-order valence-corrected chi connectivity index (χ1v) is 10.4. The highest BCUT2D eigenvalue weighted by Gasteiger charge is 2.30. The van der Waals surface area contributed by atoms with Crippen LogP contribution in [-0.4, -0.2) is 67.1 Å². The third kappa shape index (κ3) is 5.03. The van der Waals surface area contributed by atoms with E-state index in [1.165, 1.54) is 0 Å². The zero-order chi connectivity index (χ0) is 18.8. The number of para-hydroxylation sites is 2. The Bertz CT molecular complexity index is 844. The predicted molar refractivity (Wildman–Crippen MR) is 126 cm³/mol. The van der Waals surface area contributed by atoms with Crippen LogP contribution in [0.3, 0.4) is 0 Å². The van der Waals surface area contributed by atoms with Gasteiger partial charge in [-0.3, -0.25) is 4.90 Å². The summed E-state index contributed by atoms with van der Waals surface area (Å²) in [7, 11) is 3.97. The van der Waals surface area contributed by atoms with Crippen molar-refractivity contribution in [3.8, 4) is 0 Å². The predicted octanol–water partition coefficient (Wildman–Crippen LogP) is 4.34. The standard InChI is InChI=1S/C20H27N5OS.2ClH/c1-4-17-23-18-19(25-11-10-24(2)14(13-25)9-12-26-3)21-15-7-5-6-8-16(15)22-20(18)27-17;;/h5-8,14,22H,4,9-13H2,1-3H3;2*1H/t14-;;/m0../s1. The normalized spacial score (nSPS) is 18.4. The number of aryl methyl sites for hydroxylation is 1. The summed E-state index contributed by atoms with van der Waals surface area (Å²) < 4.78 is 5.32. The van der Waals surface area contributed by atoms with E-state index in [1.807, 2.05) is 12.1 Å². The quantitative estimate of drug-likeness (QED) is 0.739. The third-order valence-corrected chi connectivity index (χ3v) is 6.41. The fourth-order valence-electron chi connectivity index (χ4n) is 3.64. The number of thiazole rings is 1. The molecule has 1 fully saturated rings. The maximum absolute atomic E-state index is 5.32. The van der Waals surface area contributed by atoms with Crippen LogP contribution in [0, 0.1) is 0 Å². The van der Waals surface area contributed by atoms with Gasteiger partial charge in [0.15, 0.2) is 5.84 Å². The number of aromatic nitrogens is 1. The average molecular weight is 458 g/mol. The highest BCUT2D eigenvalue weighted by molar-refractivity contribution is 7.16. The molecule has 0 bridgehead atoms. The van der Waals surface area contributed by atoms with Gasteiger partial charge >= 0.3 is 0 Å². The summed E-state index contributed by atoms with van der Waals surface area (Å²) in [4.78, 5) is 14.8. The van der Waals surface area contributed by atoms with E-state index in [-0.39, 0.29) is 24.8 Å². The molecule has 0 aliphatic carbocycles. The second kappa shape index (κ2) is 10.6. The molecule has 6 nitrogen and oxygen atoms in total. The van der Waals surface area contributed by atoms with Crippen LogP contribution in [0.25, 0.3) is 0 Å². The largest absolute Gasteiger partial charge is 0.385 e. The molecule has 1 saturated heterocycles. The number of aliphatic imine (C=N–C) groups is 1. The number of fused-ring (bicyclic) bond motifs is 2. The van der Waals surface area contributed by atoms with Crippen molar-refractivity contribution in [2.75, 3.05) is 45.7 Å². The van der Waals surface area contributed by atoms with Gasteiger partial charge in [0, 0.05) is 39.4 Å². The lowest BCUT2D eigenvalue weighted by Gasteiger charge is -2.40. The Kier molecular flexibility index (Phi) is 8.73. The maximum Gasteiger partial charge on any atom is 0.158 e. The molecule has 1 N–H and O–H groups in total. The number of halogens is 2. The number of likely N-dealkylation sites (N-methyl/N-ethyl adjacent to an activating group) is 1. The van der Waals surface area contributed by atoms with Crippen molar-refractivity contribution < 1.29 is 4.74 Å². The van der Waals surface area contributed by atoms with Crippen LogP contribution < -0.4 is 5.32 Å². The van der Waals surface area contributed by atoms with Gasteiger partial charge in [-0.1, -0.05) is 19.1 Å². The van der Waals surface area contributed by atoms with E-state index in [0.29, 0.717) is 6.04 Å². The molecule has 0 spiro atoms. The minimum absolute atomic E-state index is 0. The van der Waals surface area contributed by atoms with Gasteiger partial charge < -0.3 is 15.0 Å². The molecule has 0 amide bonds. The summed E-state index contributed by atoms with van der Waals surface area (Å²) in [6.45, 7) is 5.85. The smallest absolute Gasteiger partial charge is 0.158 e. The van der Waals surface area contributed by atoms with Gasteiger partial charge in [-0.25, -0.2) is 9.98 Å². The number of hydrogen-bond donors (Lipinski definition) is 1. The number of hydrogen-bond acceptors (Lipinski definition) is 7. The summed E-state index contributed by atoms with van der Waals surface area (Å²) in [5.41, 5.74) is 3.01. The van der Waals surface area contributed by atoms with Crippen molar-refractivity contribution >= 4 is 58.4 Å². The number of amidine groups is 1. The Morgan fingerprint density at radius 1 is 1.24 bits per heavy atom. The summed E-state index contributed by atoms with van der Waals surface area (Å²) >= 11 is 1.74. The van der Waals surface area contributed by atoms with Crippen LogP contribution in [-0.2, 0) is 11.2 Å². The molecule has 0 radical (unpaired) electrons. The van der Waals surface area contributed by atoms with Gasteiger partial charge in [0.25, 0.3) is 0 Å². The molecular formula is C20H29Cl2N5OS. The molecule has 1 aromatic carbocycles. The van der Waals surface area contributed by atoms with Crippen molar-refractivity contribution in [1.82, 2.24) is 14.8 Å². The monoisotopic (exact) mass is 457 g/mol. The number of benzene rings is 1. The zero-order valence-corrected chi connectivity index (χ0v) is 19.5. The lowest BCUT2D eigenvalue weighted by molar-refractivity contribution is 0.100. The maximum atomic E-state index is 5.32. The molecule has 160 valence electrons. The minimum Gasteiger partial charge on any atom is -0.385 e. The number of ether oxygens (including phenoxy) is 1. The Morgan fingerprint density at radius 3 is 2.79 bits per heavy atom. The van der Waals surface area contributed by atoms with Gasteiger partial charge in [-0.15, -0.1) is 36.2 Å². The van der Waals surface area contributed by atoms with Crippen molar-refractivity contribution in [3.05, 3.63) is 35.0 Å². The van der Waals surface area contributed by atoms with Crippen LogP contribution in [0.2, 0.25) is 0 Å². The first-order chi connectivity index (χ1) is 13.2. The number of piperazine rings is 1. The molecule has 0 unspecified atom stereocenters. The van der Waals surface area contributed by atoms with Crippen molar-refractivity contribution in [2.24, 2.45) is 4.99 Å². The van der Waals surface area contributed by atoms with E-state index >= 15 is 0 Å². The molecule has 1 atom stereocenters. The number of anilines is 2. The van der Waals surface area contributed by atoms with Crippen molar-refractivity contribution in [2.45, 2.75) is 25.8 Å². The van der Waals surface area contributed by atoms with Crippen molar-refractivity contribution in [1.29, 1.82) is 0 Å². The van der Waals surface area contributed by atoms with Crippen LogP contribution in [0.4, 0.5) is 16.4 Å². The van der Waals surface area contributed by atoms with Crippen LogP contribution in [0.5, 0.6) is 0 Å². The molecule has 1 aromatic heterocycles. The van der Waals surface area contributed by atoms with E-state index in [1.54, 1.807) is 18.4 Å². The molecule has 29 heavy (non-hydrogen) atoms. The molecule has 4 rings (SSSR count). The van der Waals surface area contributed by atoms with Gasteiger partial charge in [0.1, 0.15) is 10.7 Å². The SMILES string of the molecule is CCc1nc2c(s1)Nc1ccccc1N=C2N1CCN(C)[C@@H](CCOC)C1.Cl.Cl.